The minimum absolute atomic E-state index is 0.273. The van der Waals surface area contributed by atoms with Crippen LogP contribution >= 0.6 is 11.8 Å². The van der Waals surface area contributed by atoms with E-state index in [0.29, 0.717) is 5.56 Å². The van der Waals surface area contributed by atoms with Gasteiger partial charge >= 0.3 is 5.97 Å². The van der Waals surface area contributed by atoms with Crippen molar-refractivity contribution in [2.75, 3.05) is 5.75 Å². The van der Waals surface area contributed by atoms with Crippen LogP contribution in [-0.4, -0.2) is 21.8 Å². The van der Waals surface area contributed by atoms with Crippen molar-refractivity contribution in [3.8, 4) is 0 Å². The smallest absolute Gasteiger partial charge is 0.336 e. The van der Waals surface area contributed by atoms with Crippen molar-refractivity contribution < 1.29 is 9.90 Å². The molecule has 2 heterocycles. The van der Waals surface area contributed by atoms with Gasteiger partial charge in [0.1, 0.15) is 0 Å². The van der Waals surface area contributed by atoms with Crippen molar-refractivity contribution in [2.45, 2.75) is 31.9 Å². The van der Waals surface area contributed by atoms with Gasteiger partial charge < -0.3 is 5.11 Å². The molecule has 1 aromatic rings. The molecule has 0 aliphatic carbocycles. The summed E-state index contributed by atoms with van der Waals surface area (Å²) < 4.78 is 0. The van der Waals surface area contributed by atoms with Crippen molar-refractivity contribution in [3.63, 3.8) is 0 Å². The van der Waals surface area contributed by atoms with Crippen LogP contribution < -0.4 is 0 Å². The van der Waals surface area contributed by atoms with Crippen molar-refractivity contribution in [2.24, 2.45) is 0 Å². The van der Waals surface area contributed by atoms with Crippen LogP contribution in [0.25, 0.3) is 0 Å². The highest BCUT2D eigenvalue weighted by Gasteiger charge is 2.20. The lowest BCUT2D eigenvalue weighted by atomic mass is 9.99. The van der Waals surface area contributed by atoms with Crippen LogP contribution in [0.3, 0.4) is 0 Å². The van der Waals surface area contributed by atoms with Crippen molar-refractivity contribution in [3.05, 3.63) is 28.6 Å². The number of carboxylic acid groups (broad SMARTS) is 1. The minimum atomic E-state index is -0.826. The highest BCUT2D eigenvalue weighted by atomic mass is 32.2. The Kier molecular flexibility index (Phi) is 3.19. The summed E-state index contributed by atoms with van der Waals surface area (Å²) in [5.41, 5.74) is 3.25. The van der Waals surface area contributed by atoms with E-state index < -0.39 is 5.97 Å². The Balaban J connectivity index is 2.56. The van der Waals surface area contributed by atoms with E-state index in [0.717, 1.165) is 34.9 Å². The first-order valence-corrected chi connectivity index (χ1v) is 6.58. The maximum absolute atomic E-state index is 11.2. The number of carboxylic acids is 1. The Hall–Kier alpha value is -1.03. The minimum Gasteiger partial charge on any atom is -0.478 e. The Morgan fingerprint density at radius 1 is 1.56 bits per heavy atom. The summed E-state index contributed by atoms with van der Waals surface area (Å²) in [7, 11) is 0. The number of hydrogen-bond acceptors (Lipinski definition) is 3. The molecule has 0 bridgehead atoms. The third kappa shape index (κ3) is 2.07. The molecule has 0 spiro atoms. The van der Waals surface area contributed by atoms with Crippen molar-refractivity contribution in [1.29, 1.82) is 0 Å². The molecule has 0 unspecified atom stereocenters. The SMILES string of the molecule is CC(C)c1cc(C(=O)O)c2c(n1)CSCC2. The maximum Gasteiger partial charge on any atom is 0.336 e. The number of thioether (sulfide) groups is 1. The van der Waals surface area contributed by atoms with Crippen LogP contribution in [0.5, 0.6) is 0 Å². The average Bonchev–Trinajstić information content (AvgIpc) is 2.27. The van der Waals surface area contributed by atoms with E-state index in [1.807, 2.05) is 25.6 Å². The zero-order valence-electron chi connectivity index (χ0n) is 9.49. The second-order valence-electron chi connectivity index (χ2n) is 4.28. The second-order valence-corrected chi connectivity index (χ2v) is 5.39. The Morgan fingerprint density at radius 2 is 2.31 bits per heavy atom. The zero-order chi connectivity index (χ0) is 11.7. The van der Waals surface area contributed by atoms with Gasteiger partial charge in [-0.1, -0.05) is 13.8 Å². The summed E-state index contributed by atoms with van der Waals surface area (Å²) in [6.07, 6.45) is 0.826. The predicted molar refractivity (Wildman–Crippen MR) is 65.2 cm³/mol. The number of pyridine rings is 1. The molecule has 4 heteroatoms. The van der Waals surface area contributed by atoms with E-state index in [2.05, 4.69) is 4.98 Å². The predicted octanol–water partition coefficient (Wildman–Crippen LogP) is 2.69. The van der Waals surface area contributed by atoms with Crippen molar-refractivity contribution in [1.82, 2.24) is 4.98 Å². The molecule has 3 nitrogen and oxygen atoms in total. The van der Waals surface area contributed by atoms with Gasteiger partial charge in [0.2, 0.25) is 0 Å². The lowest BCUT2D eigenvalue weighted by Crippen LogP contribution is -2.14. The standard InChI is InChI=1S/C12H15NO2S/c1-7(2)10-5-9(12(14)15)8-3-4-16-6-11(8)13-10/h5,7H,3-4,6H2,1-2H3,(H,14,15). The summed E-state index contributed by atoms with van der Waals surface area (Å²) in [5, 5.41) is 9.21. The third-order valence-electron chi connectivity index (χ3n) is 2.79. The average molecular weight is 237 g/mol. The van der Waals surface area contributed by atoms with Gasteiger partial charge in [0, 0.05) is 11.4 Å². The monoisotopic (exact) mass is 237 g/mol. The van der Waals surface area contributed by atoms with E-state index in [1.54, 1.807) is 6.07 Å². The Bertz CT molecular complexity index is 429. The molecule has 0 atom stereocenters. The number of hydrogen-bond donors (Lipinski definition) is 1. The van der Waals surface area contributed by atoms with Crippen LogP contribution in [0.4, 0.5) is 0 Å². The van der Waals surface area contributed by atoms with E-state index in [4.69, 9.17) is 0 Å². The molecule has 0 fully saturated rings. The third-order valence-corrected chi connectivity index (χ3v) is 3.76. The number of carbonyl (C=O) groups is 1. The molecule has 0 saturated carbocycles. The topological polar surface area (TPSA) is 50.2 Å². The molecule has 0 aromatic carbocycles. The molecular formula is C12H15NO2S. The highest BCUT2D eigenvalue weighted by Crippen LogP contribution is 2.28. The molecule has 1 N–H and O–H groups in total. The lowest BCUT2D eigenvalue weighted by molar-refractivity contribution is 0.0695. The molecule has 1 aliphatic heterocycles. The molecular weight excluding hydrogens is 222 g/mol. The molecule has 2 rings (SSSR count). The number of nitrogens with zero attached hydrogens (tertiary/aromatic N) is 1. The molecule has 16 heavy (non-hydrogen) atoms. The van der Waals surface area contributed by atoms with Gasteiger partial charge in [-0.2, -0.15) is 11.8 Å². The Morgan fingerprint density at radius 3 is 2.94 bits per heavy atom. The fourth-order valence-electron chi connectivity index (χ4n) is 1.87. The van der Waals surface area contributed by atoms with Gasteiger partial charge in [-0.15, -0.1) is 0 Å². The van der Waals surface area contributed by atoms with E-state index in [-0.39, 0.29) is 5.92 Å². The van der Waals surface area contributed by atoms with Gasteiger partial charge in [-0.3, -0.25) is 4.98 Å². The molecule has 1 aliphatic rings. The summed E-state index contributed by atoms with van der Waals surface area (Å²) in [6.45, 7) is 4.08. The van der Waals surface area contributed by atoms with Crippen LogP contribution in [0.2, 0.25) is 0 Å². The number of aromatic carboxylic acids is 1. The molecule has 0 radical (unpaired) electrons. The summed E-state index contributed by atoms with van der Waals surface area (Å²) in [4.78, 5) is 15.8. The maximum atomic E-state index is 11.2. The first kappa shape index (κ1) is 11.5. The zero-order valence-corrected chi connectivity index (χ0v) is 10.3. The molecule has 0 amide bonds. The van der Waals surface area contributed by atoms with Crippen LogP contribution in [0.15, 0.2) is 6.07 Å². The first-order chi connectivity index (χ1) is 7.59. The number of rotatable bonds is 2. The first-order valence-electron chi connectivity index (χ1n) is 5.43. The summed E-state index contributed by atoms with van der Waals surface area (Å²) in [5.74, 6) is 1.29. The molecule has 0 saturated heterocycles. The van der Waals surface area contributed by atoms with Gasteiger partial charge in [0.25, 0.3) is 0 Å². The summed E-state index contributed by atoms with van der Waals surface area (Å²) >= 11 is 1.82. The molecule has 86 valence electrons. The number of fused-ring (bicyclic) bond motifs is 1. The van der Waals surface area contributed by atoms with E-state index in [1.165, 1.54) is 0 Å². The quantitative estimate of drug-likeness (QED) is 0.859. The van der Waals surface area contributed by atoms with Crippen LogP contribution in [0.1, 0.15) is 47.1 Å². The number of aromatic nitrogens is 1. The van der Waals surface area contributed by atoms with Crippen LogP contribution in [0, 0.1) is 0 Å². The summed E-state index contributed by atoms with van der Waals surface area (Å²) in [6, 6.07) is 1.74. The molecule has 1 aromatic heterocycles. The second kappa shape index (κ2) is 4.45. The van der Waals surface area contributed by atoms with E-state index in [9.17, 15) is 9.90 Å². The van der Waals surface area contributed by atoms with Gasteiger partial charge in [0.15, 0.2) is 0 Å². The fourth-order valence-corrected chi connectivity index (χ4v) is 2.80. The van der Waals surface area contributed by atoms with Gasteiger partial charge in [-0.05, 0) is 29.7 Å². The highest BCUT2D eigenvalue weighted by molar-refractivity contribution is 7.98. The normalized spacial score (nSPS) is 14.9. The lowest BCUT2D eigenvalue weighted by Gasteiger charge is -2.19. The largest absolute Gasteiger partial charge is 0.478 e. The fraction of sp³-hybridized carbons (Fsp3) is 0.500. The van der Waals surface area contributed by atoms with Crippen molar-refractivity contribution >= 4 is 17.7 Å². The van der Waals surface area contributed by atoms with Gasteiger partial charge in [-0.25, -0.2) is 4.79 Å². The van der Waals surface area contributed by atoms with Gasteiger partial charge in [0.05, 0.1) is 11.3 Å². The van der Waals surface area contributed by atoms with Crippen LogP contribution in [-0.2, 0) is 12.2 Å². The van der Waals surface area contributed by atoms with E-state index >= 15 is 0 Å². The Labute approximate surface area is 99.3 Å².